The molecule has 35 heavy (non-hydrogen) atoms. The zero-order valence-electron chi connectivity index (χ0n) is 19.3. The minimum atomic E-state index is -4.92. The van der Waals surface area contributed by atoms with Crippen LogP contribution in [0.3, 0.4) is 0 Å². The zero-order chi connectivity index (χ0) is 25.5. The third-order valence-electron chi connectivity index (χ3n) is 6.26. The standard InChI is InChI=1S/C25H25F4N3O3/c1-4-19(26)18(25(27,28)29)9-13(2)21-12-34-8-7-32(21)24(33)15-5-6-20-16(10-15)17-11-35-14(3)22(17)23(30)31-20/h4-6,9-10,14,21H,2,7-8,11-12H2,1,3H3,(H2,30,31)/b18-9+,19-4+/t14-,21+/m1/s1. The number of benzene rings is 1. The average molecular weight is 491 g/mol. The number of nitrogens with zero attached hydrogens (tertiary/aromatic N) is 2. The summed E-state index contributed by atoms with van der Waals surface area (Å²) in [6, 6.07) is 4.06. The predicted molar refractivity (Wildman–Crippen MR) is 123 cm³/mol. The summed E-state index contributed by atoms with van der Waals surface area (Å²) < 4.78 is 65.2. The third-order valence-corrected chi connectivity index (χ3v) is 6.26. The lowest BCUT2D eigenvalue weighted by Crippen LogP contribution is -2.49. The number of nitrogen functional groups attached to an aromatic ring is 1. The van der Waals surface area contributed by atoms with E-state index in [-0.39, 0.29) is 31.4 Å². The van der Waals surface area contributed by atoms with Gasteiger partial charge in [0.2, 0.25) is 0 Å². The Morgan fingerprint density at radius 3 is 2.77 bits per heavy atom. The maximum Gasteiger partial charge on any atom is 0.419 e. The summed E-state index contributed by atoms with van der Waals surface area (Å²) >= 11 is 0. The van der Waals surface area contributed by atoms with E-state index in [4.69, 9.17) is 15.2 Å². The van der Waals surface area contributed by atoms with Crippen LogP contribution in [0, 0.1) is 0 Å². The molecule has 1 saturated heterocycles. The fourth-order valence-electron chi connectivity index (χ4n) is 4.44. The number of fused-ring (bicyclic) bond motifs is 3. The molecule has 0 spiro atoms. The van der Waals surface area contributed by atoms with Gasteiger partial charge in [0.15, 0.2) is 0 Å². The van der Waals surface area contributed by atoms with Crippen molar-refractivity contribution in [2.75, 3.05) is 25.5 Å². The number of carbonyl (C=O) groups excluding carboxylic acids is 1. The number of anilines is 1. The summed E-state index contributed by atoms with van der Waals surface area (Å²) in [5, 5.41) is 0.724. The minimum Gasteiger partial charge on any atom is -0.383 e. The van der Waals surface area contributed by atoms with E-state index in [0.29, 0.717) is 29.6 Å². The number of carbonyl (C=O) groups is 1. The lowest BCUT2D eigenvalue weighted by atomic mass is 9.98. The first-order valence-electron chi connectivity index (χ1n) is 11.0. The average Bonchev–Trinajstić information content (AvgIpc) is 3.23. The van der Waals surface area contributed by atoms with Crippen molar-refractivity contribution >= 4 is 22.6 Å². The highest BCUT2D eigenvalue weighted by molar-refractivity contribution is 5.99. The highest BCUT2D eigenvalue weighted by Gasteiger charge is 2.38. The number of rotatable bonds is 4. The van der Waals surface area contributed by atoms with Crippen molar-refractivity contribution in [3.05, 3.63) is 70.6 Å². The Labute approximate surface area is 199 Å². The molecule has 10 heteroatoms. The minimum absolute atomic E-state index is 0.0594. The molecule has 2 atom stereocenters. The van der Waals surface area contributed by atoms with Crippen molar-refractivity contribution in [3.8, 4) is 0 Å². The van der Waals surface area contributed by atoms with E-state index in [2.05, 4.69) is 11.6 Å². The summed E-state index contributed by atoms with van der Waals surface area (Å²) in [6.07, 6.45) is -3.78. The Morgan fingerprint density at radius 1 is 1.34 bits per heavy atom. The maximum absolute atomic E-state index is 13.9. The normalized spacial score (nSPS) is 21.4. The molecular weight excluding hydrogens is 466 g/mol. The number of pyridine rings is 1. The summed E-state index contributed by atoms with van der Waals surface area (Å²) in [5.74, 6) is -1.45. The summed E-state index contributed by atoms with van der Waals surface area (Å²) in [5.41, 5.74) is 7.13. The molecular formula is C25H25F4N3O3. The van der Waals surface area contributed by atoms with Crippen molar-refractivity contribution in [1.82, 2.24) is 9.88 Å². The Morgan fingerprint density at radius 2 is 2.09 bits per heavy atom. The molecule has 0 saturated carbocycles. The molecule has 0 aliphatic carbocycles. The molecule has 6 nitrogen and oxygen atoms in total. The van der Waals surface area contributed by atoms with Gasteiger partial charge >= 0.3 is 6.18 Å². The largest absolute Gasteiger partial charge is 0.419 e. The van der Waals surface area contributed by atoms with Crippen molar-refractivity contribution in [2.45, 2.75) is 38.8 Å². The Kier molecular flexibility index (Phi) is 6.70. The van der Waals surface area contributed by atoms with Crippen LogP contribution >= 0.6 is 0 Å². The molecule has 1 amide bonds. The van der Waals surface area contributed by atoms with E-state index >= 15 is 0 Å². The number of hydrogen-bond acceptors (Lipinski definition) is 5. The van der Waals surface area contributed by atoms with Gasteiger partial charge in [-0.2, -0.15) is 13.2 Å². The van der Waals surface area contributed by atoms with Gasteiger partial charge in [0.1, 0.15) is 11.6 Å². The van der Waals surface area contributed by atoms with Gasteiger partial charge in [-0.05, 0) is 49.3 Å². The number of allylic oxidation sites excluding steroid dienone is 3. The summed E-state index contributed by atoms with van der Waals surface area (Å²) in [7, 11) is 0. The topological polar surface area (TPSA) is 77.7 Å². The Bertz CT molecular complexity index is 1250. The second-order valence-corrected chi connectivity index (χ2v) is 8.43. The Balaban J connectivity index is 1.69. The van der Waals surface area contributed by atoms with Crippen molar-refractivity contribution in [2.24, 2.45) is 0 Å². The van der Waals surface area contributed by atoms with E-state index in [1.807, 2.05) is 6.92 Å². The first-order valence-corrected chi connectivity index (χ1v) is 11.0. The number of halogens is 4. The second kappa shape index (κ2) is 9.43. The molecule has 0 unspecified atom stereocenters. The fourth-order valence-corrected chi connectivity index (χ4v) is 4.44. The highest BCUT2D eigenvalue weighted by Crippen LogP contribution is 2.38. The van der Waals surface area contributed by atoms with E-state index < -0.39 is 29.5 Å². The van der Waals surface area contributed by atoms with E-state index in [1.165, 1.54) is 11.8 Å². The molecule has 1 aromatic carbocycles. The van der Waals surface area contributed by atoms with Crippen LogP contribution < -0.4 is 5.73 Å². The molecule has 2 aliphatic rings. The van der Waals surface area contributed by atoms with Gasteiger partial charge in [-0.25, -0.2) is 9.37 Å². The van der Waals surface area contributed by atoms with Crippen molar-refractivity contribution < 1.29 is 31.8 Å². The van der Waals surface area contributed by atoms with E-state index in [0.717, 1.165) is 22.6 Å². The molecule has 0 radical (unpaired) electrons. The first kappa shape index (κ1) is 24.9. The maximum atomic E-state index is 13.9. The number of hydrogen-bond donors (Lipinski definition) is 1. The second-order valence-electron chi connectivity index (χ2n) is 8.43. The van der Waals surface area contributed by atoms with Crippen LogP contribution in [-0.4, -0.2) is 47.8 Å². The molecule has 1 aromatic heterocycles. The van der Waals surface area contributed by atoms with Crippen LogP contribution in [0.25, 0.3) is 10.9 Å². The number of morpholine rings is 1. The van der Waals surface area contributed by atoms with Gasteiger partial charge in [0, 0.05) is 23.1 Å². The molecule has 2 aliphatic heterocycles. The molecule has 186 valence electrons. The molecule has 4 rings (SSSR count). The molecule has 2 N–H and O–H groups in total. The number of alkyl halides is 3. The smallest absolute Gasteiger partial charge is 0.383 e. The van der Waals surface area contributed by atoms with Crippen LogP contribution in [0.1, 0.15) is 41.4 Å². The van der Waals surface area contributed by atoms with Gasteiger partial charge < -0.3 is 20.1 Å². The number of aromatic nitrogens is 1. The van der Waals surface area contributed by atoms with Gasteiger partial charge in [-0.3, -0.25) is 4.79 Å². The number of amides is 1. The predicted octanol–water partition coefficient (Wildman–Crippen LogP) is 5.17. The zero-order valence-corrected chi connectivity index (χ0v) is 19.3. The molecule has 3 heterocycles. The van der Waals surface area contributed by atoms with E-state index in [1.54, 1.807) is 18.2 Å². The quantitative estimate of drug-likeness (QED) is 0.472. The monoisotopic (exact) mass is 491 g/mol. The van der Waals surface area contributed by atoms with Gasteiger partial charge in [0.25, 0.3) is 5.91 Å². The molecule has 1 fully saturated rings. The third kappa shape index (κ3) is 4.68. The van der Waals surface area contributed by atoms with Gasteiger partial charge in [-0.15, -0.1) is 0 Å². The first-order chi connectivity index (χ1) is 16.5. The van der Waals surface area contributed by atoms with E-state index in [9.17, 15) is 22.4 Å². The lowest BCUT2D eigenvalue weighted by molar-refractivity contribution is -0.0912. The van der Waals surface area contributed by atoms with Crippen molar-refractivity contribution in [3.63, 3.8) is 0 Å². The summed E-state index contributed by atoms with van der Waals surface area (Å²) in [6.45, 7) is 7.36. The lowest BCUT2D eigenvalue weighted by Gasteiger charge is -2.36. The van der Waals surface area contributed by atoms with Crippen LogP contribution in [0.15, 0.2) is 53.9 Å². The van der Waals surface area contributed by atoms with Gasteiger partial charge in [-0.1, -0.05) is 12.7 Å². The van der Waals surface area contributed by atoms with Crippen LogP contribution in [0.4, 0.5) is 23.4 Å². The van der Waals surface area contributed by atoms with Crippen LogP contribution in [0.2, 0.25) is 0 Å². The summed E-state index contributed by atoms with van der Waals surface area (Å²) in [4.78, 5) is 19.3. The Hall–Kier alpha value is -3.24. The number of ether oxygens (including phenoxy) is 2. The van der Waals surface area contributed by atoms with Gasteiger partial charge in [0.05, 0.1) is 43.1 Å². The van der Waals surface area contributed by atoms with Crippen molar-refractivity contribution in [1.29, 1.82) is 0 Å². The highest BCUT2D eigenvalue weighted by atomic mass is 19.4. The van der Waals surface area contributed by atoms with Crippen LogP contribution in [-0.2, 0) is 16.1 Å². The molecule has 0 bridgehead atoms. The van der Waals surface area contributed by atoms with Crippen LogP contribution in [0.5, 0.6) is 0 Å². The fraction of sp³-hybridized carbons (Fsp3) is 0.360. The number of nitrogens with two attached hydrogens (primary N) is 1. The molecule has 2 aromatic rings. The SMILES string of the molecule is C=C(/C=C(\C(F)=C/C)C(F)(F)F)[C@@H]1COCCN1C(=O)c1ccc2nc(N)c3c(c2c1)CO[C@@H]3C.